The highest BCUT2D eigenvalue weighted by molar-refractivity contribution is 9.10. The van der Waals surface area contributed by atoms with E-state index in [4.69, 9.17) is 4.74 Å². The first kappa shape index (κ1) is 19.8. The lowest BCUT2D eigenvalue weighted by molar-refractivity contribution is -0.143. The van der Waals surface area contributed by atoms with E-state index in [0.717, 1.165) is 21.3 Å². The third-order valence-corrected chi connectivity index (χ3v) is 4.27. The number of Topliss-reactive ketones (excluding diaryl/α,β-unsaturated/α-hetero) is 1. The number of aryl methyl sites for hydroxylation is 2. The first-order chi connectivity index (χ1) is 12.3. The summed E-state index contributed by atoms with van der Waals surface area (Å²) in [4.78, 5) is 35.6. The van der Waals surface area contributed by atoms with Crippen LogP contribution in [0.5, 0.6) is 0 Å². The molecule has 0 saturated heterocycles. The minimum atomic E-state index is -0.578. The topological polar surface area (TPSA) is 72.5 Å². The Bertz CT molecular complexity index is 815. The third kappa shape index (κ3) is 6.11. The Balaban J connectivity index is 1.74. The molecule has 5 nitrogen and oxygen atoms in total. The highest BCUT2D eigenvalue weighted by Gasteiger charge is 2.12. The monoisotopic (exact) mass is 417 g/mol. The summed E-state index contributed by atoms with van der Waals surface area (Å²) >= 11 is 3.29. The molecule has 0 aliphatic carbocycles. The number of esters is 1. The van der Waals surface area contributed by atoms with Crippen LogP contribution in [0.25, 0.3) is 0 Å². The van der Waals surface area contributed by atoms with Gasteiger partial charge < -0.3 is 10.1 Å². The third-order valence-electron chi connectivity index (χ3n) is 3.74. The molecule has 0 aliphatic rings. The van der Waals surface area contributed by atoms with E-state index in [1.54, 1.807) is 24.3 Å². The summed E-state index contributed by atoms with van der Waals surface area (Å²) in [5.41, 5.74) is 3.26. The van der Waals surface area contributed by atoms with Crippen molar-refractivity contribution in [1.82, 2.24) is 0 Å². The van der Waals surface area contributed by atoms with Crippen molar-refractivity contribution in [2.75, 3.05) is 11.9 Å². The van der Waals surface area contributed by atoms with Gasteiger partial charge in [-0.05, 0) is 37.6 Å². The number of benzene rings is 2. The minimum absolute atomic E-state index is 0.00137. The largest absolute Gasteiger partial charge is 0.457 e. The number of anilines is 1. The summed E-state index contributed by atoms with van der Waals surface area (Å²) in [7, 11) is 0. The molecule has 0 fully saturated rings. The second-order valence-electron chi connectivity index (χ2n) is 5.96. The number of ether oxygens (including phenoxy) is 1. The number of hydrogen-bond donors (Lipinski definition) is 1. The van der Waals surface area contributed by atoms with Crippen LogP contribution in [0.4, 0.5) is 5.69 Å². The molecule has 136 valence electrons. The molecule has 2 rings (SSSR count). The second-order valence-corrected chi connectivity index (χ2v) is 6.87. The smallest absolute Gasteiger partial charge is 0.306 e. The van der Waals surface area contributed by atoms with Crippen LogP contribution in [-0.2, 0) is 14.3 Å². The first-order valence-electron chi connectivity index (χ1n) is 8.16. The van der Waals surface area contributed by atoms with E-state index in [9.17, 15) is 14.4 Å². The minimum Gasteiger partial charge on any atom is -0.457 e. The van der Waals surface area contributed by atoms with Gasteiger partial charge in [0.15, 0.2) is 12.4 Å². The number of ketones is 1. The number of halogens is 1. The first-order valence-corrected chi connectivity index (χ1v) is 8.96. The van der Waals surface area contributed by atoms with Crippen LogP contribution in [0, 0.1) is 13.8 Å². The Hall–Kier alpha value is -2.47. The maximum Gasteiger partial charge on any atom is 0.306 e. The van der Waals surface area contributed by atoms with Crippen molar-refractivity contribution in [3.8, 4) is 0 Å². The fraction of sp³-hybridized carbons (Fsp3) is 0.250. The molecule has 0 aliphatic heterocycles. The van der Waals surface area contributed by atoms with E-state index in [2.05, 4.69) is 21.2 Å². The Morgan fingerprint density at radius 1 is 1.00 bits per heavy atom. The van der Waals surface area contributed by atoms with E-state index < -0.39 is 5.97 Å². The molecule has 0 heterocycles. The predicted octanol–water partition coefficient (Wildman–Crippen LogP) is 4.21. The Kier molecular flexibility index (Phi) is 7.09. The number of nitrogens with one attached hydrogen (secondary N) is 1. The highest BCUT2D eigenvalue weighted by Crippen LogP contribution is 2.16. The van der Waals surface area contributed by atoms with Gasteiger partial charge in [-0.25, -0.2) is 0 Å². The standard InChI is InChI=1S/C20H20BrNO4/c1-13-3-8-17(14(2)11-13)22-19(24)9-10-20(25)26-12-18(23)15-4-6-16(21)7-5-15/h3-8,11H,9-10,12H2,1-2H3,(H,22,24). The van der Waals surface area contributed by atoms with Crippen molar-refractivity contribution in [1.29, 1.82) is 0 Å². The van der Waals surface area contributed by atoms with Gasteiger partial charge in [0, 0.05) is 22.1 Å². The molecule has 0 saturated carbocycles. The van der Waals surface area contributed by atoms with Crippen molar-refractivity contribution in [2.24, 2.45) is 0 Å². The van der Waals surface area contributed by atoms with E-state index in [1.807, 2.05) is 32.0 Å². The number of rotatable bonds is 7. The Morgan fingerprint density at radius 3 is 2.35 bits per heavy atom. The van der Waals surface area contributed by atoms with Crippen LogP contribution in [0.2, 0.25) is 0 Å². The fourth-order valence-electron chi connectivity index (χ4n) is 2.32. The van der Waals surface area contributed by atoms with Gasteiger partial charge in [-0.1, -0.05) is 45.8 Å². The van der Waals surface area contributed by atoms with Crippen molar-refractivity contribution in [3.63, 3.8) is 0 Å². The molecule has 1 amide bonds. The molecular formula is C20H20BrNO4. The number of carbonyl (C=O) groups excluding carboxylic acids is 3. The van der Waals surface area contributed by atoms with E-state index in [0.29, 0.717) is 5.56 Å². The maximum absolute atomic E-state index is 12.0. The lowest BCUT2D eigenvalue weighted by Crippen LogP contribution is -2.17. The van der Waals surface area contributed by atoms with Crippen LogP contribution in [0.1, 0.15) is 34.3 Å². The van der Waals surface area contributed by atoms with Crippen molar-refractivity contribution >= 4 is 39.3 Å². The molecule has 0 aromatic heterocycles. The van der Waals surface area contributed by atoms with Gasteiger partial charge in [-0.2, -0.15) is 0 Å². The van der Waals surface area contributed by atoms with Crippen LogP contribution in [0.15, 0.2) is 46.9 Å². The molecule has 0 radical (unpaired) electrons. The van der Waals surface area contributed by atoms with Gasteiger partial charge in [0.05, 0.1) is 6.42 Å². The molecule has 0 spiro atoms. The molecule has 1 N–H and O–H groups in total. The van der Waals surface area contributed by atoms with E-state index in [-0.39, 0.29) is 31.1 Å². The van der Waals surface area contributed by atoms with Gasteiger partial charge in [0.1, 0.15) is 0 Å². The van der Waals surface area contributed by atoms with Crippen molar-refractivity contribution in [3.05, 3.63) is 63.6 Å². The predicted molar refractivity (Wildman–Crippen MR) is 103 cm³/mol. The molecule has 2 aromatic carbocycles. The second kappa shape index (κ2) is 9.29. The molecule has 0 unspecified atom stereocenters. The van der Waals surface area contributed by atoms with E-state index >= 15 is 0 Å². The van der Waals surface area contributed by atoms with Gasteiger partial charge >= 0.3 is 5.97 Å². The maximum atomic E-state index is 12.0. The van der Waals surface area contributed by atoms with Crippen LogP contribution >= 0.6 is 15.9 Å². The summed E-state index contributed by atoms with van der Waals surface area (Å²) in [5, 5.41) is 2.77. The molecule has 26 heavy (non-hydrogen) atoms. The summed E-state index contributed by atoms with van der Waals surface area (Å²) in [6, 6.07) is 12.5. The highest BCUT2D eigenvalue weighted by atomic mass is 79.9. The Morgan fingerprint density at radius 2 is 1.69 bits per heavy atom. The molecule has 6 heteroatoms. The van der Waals surface area contributed by atoms with Crippen LogP contribution < -0.4 is 5.32 Å². The summed E-state index contributed by atoms with van der Waals surface area (Å²) in [5.74, 6) is -1.13. The lowest BCUT2D eigenvalue weighted by Gasteiger charge is -2.09. The summed E-state index contributed by atoms with van der Waals surface area (Å²) in [6.07, 6.45) is -0.0804. The average molecular weight is 418 g/mol. The van der Waals surface area contributed by atoms with Gasteiger partial charge in [-0.15, -0.1) is 0 Å². The molecule has 0 atom stereocenters. The molecular weight excluding hydrogens is 398 g/mol. The summed E-state index contributed by atoms with van der Waals surface area (Å²) in [6.45, 7) is 3.55. The van der Waals surface area contributed by atoms with Gasteiger partial charge in [0.25, 0.3) is 0 Å². The quantitative estimate of drug-likeness (QED) is 0.540. The van der Waals surface area contributed by atoms with Crippen molar-refractivity contribution in [2.45, 2.75) is 26.7 Å². The van der Waals surface area contributed by atoms with E-state index in [1.165, 1.54) is 0 Å². The van der Waals surface area contributed by atoms with Crippen molar-refractivity contribution < 1.29 is 19.1 Å². The van der Waals surface area contributed by atoms with Gasteiger partial charge in [0.2, 0.25) is 5.91 Å². The fourth-order valence-corrected chi connectivity index (χ4v) is 2.58. The lowest BCUT2D eigenvalue weighted by atomic mass is 10.1. The zero-order valence-electron chi connectivity index (χ0n) is 14.7. The summed E-state index contributed by atoms with van der Waals surface area (Å²) < 4.78 is 5.81. The molecule has 2 aromatic rings. The number of hydrogen-bond acceptors (Lipinski definition) is 4. The zero-order valence-corrected chi connectivity index (χ0v) is 16.3. The average Bonchev–Trinajstić information content (AvgIpc) is 2.61. The number of amides is 1. The van der Waals surface area contributed by atoms with Crippen LogP contribution in [-0.4, -0.2) is 24.3 Å². The zero-order chi connectivity index (χ0) is 19.1. The normalized spacial score (nSPS) is 10.3. The van der Waals surface area contributed by atoms with Gasteiger partial charge in [-0.3, -0.25) is 14.4 Å². The number of carbonyl (C=O) groups is 3. The molecule has 0 bridgehead atoms. The van der Waals surface area contributed by atoms with Crippen LogP contribution in [0.3, 0.4) is 0 Å². The SMILES string of the molecule is Cc1ccc(NC(=O)CCC(=O)OCC(=O)c2ccc(Br)cc2)c(C)c1. The Labute approximate surface area is 160 Å².